The molecule has 0 spiro atoms. The lowest BCUT2D eigenvalue weighted by molar-refractivity contribution is -0.141. The standard InChI is InChI=1S/C27H26F6N4O3S2/c28-18-12-20(30)19(29)10-14(18)11-21(34)15-8-16-3-4-17(9-15)37(16)25(38)5-7-42(39,40)26-35-22(23-2-1-6-41-23)13-24(36-26)27(31,32)33/h1-2,6,10,12-13,15-17,21H,3-5,7-9,11,34H2. The fraction of sp³-hybridized carbons (Fsp3) is 0.444. The fourth-order valence-corrected chi connectivity index (χ4v) is 7.61. The van der Waals surface area contributed by atoms with Gasteiger partial charge in [-0.15, -0.1) is 11.3 Å². The number of halogens is 6. The van der Waals surface area contributed by atoms with Crippen LogP contribution >= 0.6 is 11.3 Å². The first-order chi connectivity index (χ1) is 19.7. The van der Waals surface area contributed by atoms with E-state index < -0.39 is 68.4 Å². The molecule has 2 aromatic heterocycles. The largest absolute Gasteiger partial charge is 0.433 e. The van der Waals surface area contributed by atoms with Crippen LogP contribution < -0.4 is 5.73 Å². The van der Waals surface area contributed by atoms with E-state index in [2.05, 4.69) is 9.97 Å². The number of hydrogen-bond acceptors (Lipinski definition) is 7. The van der Waals surface area contributed by atoms with Crippen molar-refractivity contribution in [2.45, 2.75) is 68.0 Å². The van der Waals surface area contributed by atoms with Gasteiger partial charge >= 0.3 is 6.18 Å². The number of amides is 1. The summed E-state index contributed by atoms with van der Waals surface area (Å²) in [6.45, 7) is 0. The van der Waals surface area contributed by atoms with Crippen molar-refractivity contribution < 1.29 is 39.6 Å². The molecule has 0 aliphatic carbocycles. The van der Waals surface area contributed by atoms with Crippen LogP contribution in [0.3, 0.4) is 0 Å². The Morgan fingerprint density at radius 3 is 2.33 bits per heavy atom. The van der Waals surface area contributed by atoms with Crippen molar-refractivity contribution in [3.8, 4) is 10.6 Å². The Morgan fingerprint density at radius 1 is 1.05 bits per heavy atom. The maximum absolute atomic E-state index is 14.1. The first kappa shape index (κ1) is 30.4. The van der Waals surface area contributed by atoms with Gasteiger partial charge in [-0.3, -0.25) is 4.79 Å². The van der Waals surface area contributed by atoms with Gasteiger partial charge in [-0.2, -0.15) is 13.2 Å². The highest BCUT2D eigenvalue weighted by Crippen LogP contribution is 2.41. The summed E-state index contributed by atoms with van der Waals surface area (Å²) in [6, 6.07) is 3.96. The van der Waals surface area contributed by atoms with Crippen molar-refractivity contribution >= 4 is 27.1 Å². The number of sulfone groups is 1. The smallest absolute Gasteiger partial charge is 0.337 e. The number of nitrogens with two attached hydrogens (primary N) is 1. The monoisotopic (exact) mass is 632 g/mol. The average Bonchev–Trinajstić information content (AvgIpc) is 3.56. The van der Waals surface area contributed by atoms with Crippen LogP contribution in [0, 0.1) is 23.4 Å². The van der Waals surface area contributed by atoms with Gasteiger partial charge in [-0.25, -0.2) is 31.6 Å². The van der Waals surface area contributed by atoms with E-state index in [9.17, 15) is 39.6 Å². The molecule has 2 aliphatic rings. The van der Waals surface area contributed by atoms with E-state index in [1.165, 1.54) is 6.07 Å². The molecule has 15 heteroatoms. The van der Waals surface area contributed by atoms with Crippen molar-refractivity contribution in [1.82, 2.24) is 14.9 Å². The van der Waals surface area contributed by atoms with E-state index in [4.69, 9.17) is 5.73 Å². The van der Waals surface area contributed by atoms with E-state index in [-0.39, 0.29) is 35.7 Å². The summed E-state index contributed by atoms with van der Waals surface area (Å²) in [7, 11) is -4.45. The number of carbonyl (C=O) groups is 1. The van der Waals surface area contributed by atoms with Crippen molar-refractivity contribution in [3.05, 3.63) is 64.4 Å². The molecule has 0 radical (unpaired) electrons. The normalized spacial score (nSPS) is 21.5. The van der Waals surface area contributed by atoms with Crippen molar-refractivity contribution in [1.29, 1.82) is 0 Å². The summed E-state index contributed by atoms with van der Waals surface area (Å²) >= 11 is 1.09. The van der Waals surface area contributed by atoms with Gasteiger partial charge in [0.05, 0.1) is 16.3 Å². The van der Waals surface area contributed by atoms with Crippen LogP contribution in [0.1, 0.15) is 43.4 Å². The second kappa shape index (κ2) is 11.6. The summed E-state index contributed by atoms with van der Waals surface area (Å²) in [4.78, 5) is 22.3. The summed E-state index contributed by atoms with van der Waals surface area (Å²) in [6.07, 6.45) is -3.19. The van der Waals surface area contributed by atoms with Crippen LogP contribution in [-0.2, 0) is 27.2 Å². The van der Waals surface area contributed by atoms with Crippen LogP contribution in [0.4, 0.5) is 26.3 Å². The minimum absolute atomic E-state index is 0.0240. The molecule has 2 N–H and O–H groups in total. The number of nitrogens with zero attached hydrogens (tertiary/aromatic N) is 3. The zero-order valence-corrected chi connectivity index (χ0v) is 23.6. The molecule has 3 unspecified atom stereocenters. The molecule has 226 valence electrons. The number of fused-ring (bicyclic) bond motifs is 2. The molecule has 5 rings (SSSR count). The van der Waals surface area contributed by atoms with Gasteiger partial charge in [0.25, 0.3) is 0 Å². The molecule has 1 amide bonds. The Kier molecular flexibility index (Phi) is 8.38. The van der Waals surface area contributed by atoms with Gasteiger partial charge in [0.1, 0.15) is 11.5 Å². The fourth-order valence-electron chi connectivity index (χ4n) is 5.82. The lowest BCUT2D eigenvalue weighted by atomic mass is 9.82. The van der Waals surface area contributed by atoms with E-state index in [1.54, 1.807) is 16.3 Å². The quantitative estimate of drug-likeness (QED) is 0.209. The van der Waals surface area contributed by atoms with Gasteiger partial charge in [0.2, 0.25) is 20.9 Å². The molecular weight excluding hydrogens is 606 g/mol. The van der Waals surface area contributed by atoms with Crippen LogP contribution in [0.2, 0.25) is 0 Å². The number of rotatable bonds is 8. The lowest BCUT2D eigenvalue weighted by Crippen LogP contribution is -2.50. The summed E-state index contributed by atoms with van der Waals surface area (Å²) in [5.41, 5.74) is 4.70. The molecule has 0 saturated carbocycles. The average molecular weight is 633 g/mol. The van der Waals surface area contributed by atoms with Crippen LogP contribution in [-0.4, -0.2) is 53.1 Å². The Bertz CT molecular complexity index is 1570. The Hall–Kier alpha value is -3.04. The SMILES string of the molecule is NC(Cc1cc(F)c(F)cc1F)C1CC2CCC(C1)N2C(=O)CCS(=O)(=O)c1nc(-c2cccs2)cc(C(F)(F)F)n1. The maximum atomic E-state index is 14.1. The highest BCUT2D eigenvalue weighted by atomic mass is 32.2. The van der Waals surface area contributed by atoms with Gasteiger partial charge in [-0.1, -0.05) is 6.07 Å². The maximum Gasteiger partial charge on any atom is 0.433 e. The van der Waals surface area contributed by atoms with Gasteiger partial charge < -0.3 is 10.6 Å². The highest BCUT2D eigenvalue weighted by Gasteiger charge is 2.45. The molecule has 4 heterocycles. The summed E-state index contributed by atoms with van der Waals surface area (Å²) in [5.74, 6) is -4.74. The second-order valence-corrected chi connectivity index (χ2v) is 13.6. The predicted octanol–water partition coefficient (Wildman–Crippen LogP) is 5.14. The Balaban J connectivity index is 1.25. The van der Waals surface area contributed by atoms with E-state index in [0.29, 0.717) is 42.7 Å². The molecule has 7 nitrogen and oxygen atoms in total. The van der Waals surface area contributed by atoms with E-state index in [0.717, 1.165) is 17.4 Å². The first-order valence-electron chi connectivity index (χ1n) is 13.2. The van der Waals surface area contributed by atoms with Crippen LogP contribution in [0.15, 0.2) is 40.9 Å². The van der Waals surface area contributed by atoms with Crippen LogP contribution in [0.25, 0.3) is 10.6 Å². The topological polar surface area (TPSA) is 106 Å². The highest BCUT2D eigenvalue weighted by molar-refractivity contribution is 7.91. The zero-order valence-electron chi connectivity index (χ0n) is 22.0. The van der Waals surface area contributed by atoms with Crippen molar-refractivity contribution in [2.24, 2.45) is 11.7 Å². The van der Waals surface area contributed by atoms with Gasteiger partial charge in [-0.05, 0) is 67.2 Å². The predicted molar refractivity (Wildman–Crippen MR) is 141 cm³/mol. The van der Waals surface area contributed by atoms with E-state index in [1.807, 2.05) is 0 Å². The van der Waals surface area contributed by atoms with Gasteiger partial charge in [0.15, 0.2) is 11.6 Å². The number of alkyl halides is 3. The number of hydrogen-bond donors (Lipinski definition) is 1. The van der Waals surface area contributed by atoms with Gasteiger partial charge in [0, 0.05) is 30.6 Å². The lowest BCUT2D eigenvalue weighted by Gasteiger charge is -2.41. The molecule has 2 bridgehead atoms. The number of aromatic nitrogens is 2. The van der Waals surface area contributed by atoms with E-state index >= 15 is 0 Å². The van der Waals surface area contributed by atoms with Crippen molar-refractivity contribution in [2.75, 3.05) is 5.75 Å². The zero-order chi connectivity index (χ0) is 30.4. The molecule has 42 heavy (non-hydrogen) atoms. The Morgan fingerprint density at radius 2 is 1.71 bits per heavy atom. The minimum atomic E-state index is -4.91. The third-order valence-corrected chi connectivity index (χ3v) is 10.2. The van der Waals surface area contributed by atoms with Crippen molar-refractivity contribution in [3.63, 3.8) is 0 Å². The molecule has 2 aliphatic heterocycles. The molecule has 2 fully saturated rings. The molecule has 1 aromatic carbocycles. The Labute approximate surface area is 241 Å². The number of benzene rings is 1. The number of piperidine rings is 1. The minimum Gasteiger partial charge on any atom is -0.337 e. The molecule has 3 atom stereocenters. The second-order valence-electron chi connectivity index (χ2n) is 10.6. The molecule has 3 aromatic rings. The summed E-state index contributed by atoms with van der Waals surface area (Å²) in [5, 5.41) is 0.619. The third-order valence-electron chi connectivity index (χ3n) is 7.84. The molecular formula is C27H26F6N4O3S2. The molecule has 2 saturated heterocycles. The first-order valence-corrected chi connectivity index (χ1v) is 15.7. The summed E-state index contributed by atoms with van der Waals surface area (Å²) < 4.78 is 108. The van der Waals surface area contributed by atoms with Crippen LogP contribution in [0.5, 0.6) is 0 Å². The number of thiophene rings is 1. The number of carbonyl (C=O) groups excluding carboxylic acids is 1. The third kappa shape index (κ3) is 6.32.